The summed E-state index contributed by atoms with van der Waals surface area (Å²) in [5.41, 5.74) is 0.749. The zero-order valence-electron chi connectivity index (χ0n) is 23.6. The molecule has 9 nitrogen and oxygen atoms in total. The molecule has 2 atom stereocenters. The summed E-state index contributed by atoms with van der Waals surface area (Å²) in [7, 11) is 1.74. The van der Waals surface area contributed by atoms with Crippen molar-refractivity contribution in [1.29, 1.82) is 0 Å². The topological polar surface area (TPSA) is 110 Å². The largest absolute Gasteiger partial charge is 0.478 e. The van der Waals surface area contributed by atoms with Crippen LogP contribution in [0.2, 0.25) is 0 Å². The lowest BCUT2D eigenvalue weighted by atomic mass is 9.84. The fourth-order valence-corrected chi connectivity index (χ4v) is 5.81. The Kier molecular flexibility index (Phi) is 8.18. The van der Waals surface area contributed by atoms with E-state index in [9.17, 15) is 28.7 Å². The number of rotatable bonds is 7. The van der Waals surface area contributed by atoms with Gasteiger partial charge in [0.25, 0.3) is 5.91 Å². The second kappa shape index (κ2) is 11.3. The molecular weight excluding hydrogens is 515 g/mol. The maximum atomic E-state index is 14.4. The molecule has 0 radical (unpaired) electrons. The van der Waals surface area contributed by atoms with E-state index in [0.29, 0.717) is 32.4 Å². The monoisotopic (exact) mass is 552 g/mol. The molecule has 4 rings (SSSR count). The summed E-state index contributed by atoms with van der Waals surface area (Å²) in [5, 5.41) is 12.0. The Hall–Kier alpha value is -3.95. The molecule has 2 aromatic carbocycles. The number of anilines is 1. The summed E-state index contributed by atoms with van der Waals surface area (Å²) in [4.78, 5) is 56.9. The number of nitrogens with one attached hydrogen (secondary N) is 1. The quantitative estimate of drug-likeness (QED) is 0.544. The van der Waals surface area contributed by atoms with E-state index in [1.807, 2.05) is 32.6 Å². The fourth-order valence-electron chi connectivity index (χ4n) is 5.81. The summed E-state index contributed by atoms with van der Waals surface area (Å²) in [6, 6.07) is 10.0. The third-order valence-electron chi connectivity index (χ3n) is 8.31. The second-order valence-corrected chi connectivity index (χ2v) is 11.0. The Balaban J connectivity index is 1.52. The highest BCUT2D eigenvalue weighted by molar-refractivity contribution is 5.98. The van der Waals surface area contributed by atoms with Crippen LogP contribution >= 0.6 is 0 Å². The molecule has 1 spiro atoms. The van der Waals surface area contributed by atoms with Crippen LogP contribution in [0.5, 0.6) is 0 Å². The van der Waals surface area contributed by atoms with Crippen LogP contribution in [0.1, 0.15) is 66.8 Å². The minimum atomic E-state index is -1.02. The van der Waals surface area contributed by atoms with Gasteiger partial charge in [-0.25, -0.2) is 9.18 Å². The summed E-state index contributed by atoms with van der Waals surface area (Å²) < 4.78 is 14.4. The molecule has 2 unspecified atom stereocenters. The number of aryl methyl sites for hydroxylation is 1. The zero-order valence-corrected chi connectivity index (χ0v) is 23.6. The highest BCUT2D eigenvalue weighted by atomic mass is 19.1. The predicted octanol–water partition coefficient (Wildman–Crippen LogP) is 3.53. The molecule has 10 heteroatoms. The Morgan fingerprint density at radius 3 is 2.27 bits per heavy atom. The highest BCUT2D eigenvalue weighted by Gasteiger charge is 2.56. The van der Waals surface area contributed by atoms with Gasteiger partial charge >= 0.3 is 5.97 Å². The summed E-state index contributed by atoms with van der Waals surface area (Å²) >= 11 is 0. The van der Waals surface area contributed by atoms with Gasteiger partial charge in [0.2, 0.25) is 11.8 Å². The smallest absolute Gasteiger partial charge is 0.335 e. The van der Waals surface area contributed by atoms with Crippen LogP contribution in [0.3, 0.4) is 0 Å². The zero-order chi connectivity index (χ0) is 29.4. The molecule has 0 aromatic heterocycles. The van der Waals surface area contributed by atoms with Crippen LogP contribution in [0.4, 0.5) is 10.1 Å². The van der Waals surface area contributed by atoms with Gasteiger partial charge in [-0.15, -0.1) is 0 Å². The third-order valence-corrected chi connectivity index (χ3v) is 8.31. The van der Waals surface area contributed by atoms with Crippen molar-refractivity contribution >= 4 is 29.4 Å². The number of carboxylic acid groups (broad SMARTS) is 1. The molecule has 40 heavy (non-hydrogen) atoms. The number of carboxylic acids is 1. The van der Waals surface area contributed by atoms with E-state index in [-0.39, 0.29) is 35.0 Å². The molecule has 2 N–H and O–H groups in total. The van der Waals surface area contributed by atoms with Crippen LogP contribution in [-0.2, 0) is 16.0 Å². The number of aromatic carboxylic acids is 1. The van der Waals surface area contributed by atoms with E-state index in [4.69, 9.17) is 0 Å². The standard InChI is InChI=1S/C30H37FN4O5/c1-6-20-7-12-24(31)23(17-20)26(36)32-25(18(2)3)27(37)34-15-13-30(14-16-34)29(40)33(5)19(4)35(30)22-10-8-21(9-11-22)28(38)39/h7-12,17-19,25H,6,13-16H2,1-5H3,(H,32,36)(H,38,39). The van der Waals surface area contributed by atoms with Gasteiger partial charge in [-0.3, -0.25) is 14.4 Å². The van der Waals surface area contributed by atoms with Crippen molar-refractivity contribution in [2.45, 2.75) is 64.7 Å². The van der Waals surface area contributed by atoms with Gasteiger partial charge in [-0.1, -0.05) is 26.8 Å². The molecule has 214 valence electrons. The molecule has 2 fully saturated rings. The molecule has 2 aliphatic rings. The molecule has 2 aromatic rings. The van der Waals surface area contributed by atoms with E-state index >= 15 is 0 Å². The van der Waals surface area contributed by atoms with Crippen LogP contribution in [-0.4, -0.2) is 76.5 Å². The number of nitrogens with zero attached hydrogens (tertiary/aromatic N) is 3. The number of likely N-dealkylation sites (N-methyl/N-ethyl adjacent to an activating group) is 1. The number of amides is 3. The van der Waals surface area contributed by atoms with Gasteiger partial charge in [0.05, 0.1) is 11.1 Å². The third kappa shape index (κ3) is 5.14. The minimum Gasteiger partial charge on any atom is -0.478 e. The van der Waals surface area contributed by atoms with Crippen molar-refractivity contribution in [2.75, 3.05) is 25.0 Å². The SMILES string of the molecule is CCc1ccc(F)c(C(=O)NC(C(=O)N2CCC3(CC2)C(=O)N(C)C(C)N3c2ccc(C(=O)O)cc2)C(C)C)c1. The first kappa shape index (κ1) is 29.0. The van der Waals surface area contributed by atoms with Gasteiger partial charge in [-0.05, 0) is 74.1 Å². The van der Waals surface area contributed by atoms with Crippen molar-refractivity contribution in [1.82, 2.24) is 15.1 Å². The normalized spacial score (nSPS) is 19.3. The van der Waals surface area contributed by atoms with Gasteiger partial charge in [0, 0.05) is 25.8 Å². The van der Waals surface area contributed by atoms with Crippen molar-refractivity contribution in [3.63, 3.8) is 0 Å². The Labute approximate surface area is 233 Å². The number of piperidine rings is 1. The van der Waals surface area contributed by atoms with Gasteiger partial charge in [0.15, 0.2) is 0 Å². The lowest BCUT2D eigenvalue weighted by molar-refractivity contribution is -0.139. The van der Waals surface area contributed by atoms with Gasteiger partial charge in [0.1, 0.15) is 23.6 Å². The first-order valence-electron chi connectivity index (χ1n) is 13.7. The molecule has 0 saturated carbocycles. The lowest BCUT2D eigenvalue weighted by Gasteiger charge is -2.45. The predicted molar refractivity (Wildman–Crippen MR) is 149 cm³/mol. The molecule has 2 heterocycles. The van der Waals surface area contributed by atoms with Crippen molar-refractivity contribution in [3.8, 4) is 0 Å². The number of carbonyl (C=O) groups excluding carboxylic acids is 3. The fraction of sp³-hybridized carbons (Fsp3) is 0.467. The van der Waals surface area contributed by atoms with Crippen LogP contribution < -0.4 is 10.2 Å². The summed E-state index contributed by atoms with van der Waals surface area (Å²) in [6.45, 7) is 8.09. The summed E-state index contributed by atoms with van der Waals surface area (Å²) in [5.74, 6) is -2.86. The summed E-state index contributed by atoms with van der Waals surface area (Å²) in [6.07, 6.45) is 1.13. The maximum absolute atomic E-state index is 14.4. The first-order valence-corrected chi connectivity index (χ1v) is 13.7. The number of carbonyl (C=O) groups is 4. The van der Waals surface area contributed by atoms with E-state index < -0.39 is 29.3 Å². The lowest BCUT2D eigenvalue weighted by Crippen LogP contribution is -2.60. The van der Waals surface area contributed by atoms with Crippen LogP contribution in [0.15, 0.2) is 42.5 Å². The van der Waals surface area contributed by atoms with E-state index in [1.54, 1.807) is 35.0 Å². The molecule has 0 bridgehead atoms. The maximum Gasteiger partial charge on any atom is 0.335 e. The highest BCUT2D eigenvalue weighted by Crippen LogP contribution is 2.42. The first-order chi connectivity index (χ1) is 18.9. The van der Waals surface area contributed by atoms with Gasteiger partial charge < -0.3 is 25.1 Å². The van der Waals surface area contributed by atoms with E-state index in [1.165, 1.54) is 24.3 Å². The van der Waals surface area contributed by atoms with Crippen LogP contribution in [0, 0.1) is 11.7 Å². The average molecular weight is 553 g/mol. The van der Waals surface area contributed by atoms with Crippen molar-refractivity contribution < 1.29 is 28.7 Å². The Bertz CT molecular complexity index is 1300. The number of benzene rings is 2. The number of hydrogen-bond acceptors (Lipinski definition) is 5. The molecule has 2 saturated heterocycles. The molecule has 3 amide bonds. The van der Waals surface area contributed by atoms with Crippen molar-refractivity contribution in [2.24, 2.45) is 5.92 Å². The average Bonchev–Trinajstić information content (AvgIpc) is 3.12. The second-order valence-electron chi connectivity index (χ2n) is 11.0. The van der Waals surface area contributed by atoms with Crippen LogP contribution in [0.25, 0.3) is 0 Å². The Morgan fingerprint density at radius 1 is 1.10 bits per heavy atom. The molecule has 2 aliphatic heterocycles. The van der Waals surface area contributed by atoms with Crippen molar-refractivity contribution in [3.05, 3.63) is 65.0 Å². The number of likely N-dealkylation sites (tertiary alicyclic amines) is 1. The number of hydrogen-bond donors (Lipinski definition) is 2. The Morgan fingerprint density at radius 2 is 1.73 bits per heavy atom. The minimum absolute atomic E-state index is 0.0468. The van der Waals surface area contributed by atoms with E-state index in [2.05, 4.69) is 5.32 Å². The molecular formula is C30H37FN4O5. The number of halogens is 1. The van der Waals surface area contributed by atoms with E-state index in [0.717, 1.165) is 11.3 Å². The molecule has 0 aliphatic carbocycles. The van der Waals surface area contributed by atoms with Gasteiger partial charge in [-0.2, -0.15) is 0 Å².